The summed E-state index contributed by atoms with van der Waals surface area (Å²) in [6.45, 7) is 11.4. The second-order valence-electron chi connectivity index (χ2n) is 5.66. The molecule has 0 spiro atoms. The fourth-order valence-corrected chi connectivity index (χ4v) is 2.99. The lowest BCUT2D eigenvalue weighted by molar-refractivity contribution is 0.145. The highest BCUT2D eigenvalue weighted by molar-refractivity contribution is 6.30. The summed E-state index contributed by atoms with van der Waals surface area (Å²) >= 11 is 6.29. The second kappa shape index (κ2) is 6.16. The van der Waals surface area contributed by atoms with E-state index >= 15 is 0 Å². The number of aromatic nitrogens is 2. The summed E-state index contributed by atoms with van der Waals surface area (Å²) in [6, 6.07) is 0. The van der Waals surface area contributed by atoms with Crippen LogP contribution in [-0.2, 0) is 6.54 Å². The third-order valence-electron chi connectivity index (χ3n) is 3.67. The van der Waals surface area contributed by atoms with Gasteiger partial charge in [0.15, 0.2) is 0 Å². The summed E-state index contributed by atoms with van der Waals surface area (Å²) in [5, 5.41) is 0.617. The van der Waals surface area contributed by atoms with Crippen molar-refractivity contribution >= 4 is 11.6 Å². The zero-order valence-electron chi connectivity index (χ0n) is 12.3. The van der Waals surface area contributed by atoms with Gasteiger partial charge in [0.1, 0.15) is 11.0 Å². The van der Waals surface area contributed by atoms with Gasteiger partial charge in [0.2, 0.25) is 0 Å². The van der Waals surface area contributed by atoms with Crippen LogP contribution in [0.3, 0.4) is 0 Å². The molecule has 4 nitrogen and oxygen atoms in total. The first-order chi connectivity index (χ1) is 8.97. The Hall–Kier alpha value is -0.710. The zero-order valence-corrected chi connectivity index (χ0v) is 13.0. The minimum atomic E-state index is 0.366. The molecule has 0 saturated carbocycles. The maximum absolute atomic E-state index is 6.29. The Morgan fingerprint density at radius 2 is 1.79 bits per heavy atom. The first-order valence-electron chi connectivity index (χ1n) is 6.91. The summed E-state index contributed by atoms with van der Waals surface area (Å²) in [7, 11) is 2.16. The molecule has 1 saturated heterocycles. The Morgan fingerprint density at radius 1 is 1.16 bits per heavy atom. The lowest BCUT2D eigenvalue weighted by Gasteiger charge is -2.31. The molecule has 0 radical (unpaired) electrons. The third kappa shape index (κ3) is 3.65. The molecule has 1 aliphatic rings. The van der Waals surface area contributed by atoms with Crippen LogP contribution in [0.15, 0.2) is 0 Å². The largest absolute Gasteiger partial charge is 0.304 e. The Morgan fingerprint density at radius 3 is 2.32 bits per heavy atom. The number of halogens is 1. The highest BCUT2D eigenvalue weighted by Gasteiger charge is 2.17. The quantitative estimate of drug-likeness (QED) is 0.797. The molecule has 0 aliphatic carbocycles. The van der Waals surface area contributed by atoms with E-state index in [1.165, 1.54) is 0 Å². The van der Waals surface area contributed by atoms with Crippen LogP contribution in [0.1, 0.15) is 36.8 Å². The Kier molecular flexibility index (Phi) is 4.76. The Labute approximate surface area is 120 Å². The molecule has 0 bridgehead atoms. The molecule has 5 heteroatoms. The molecule has 106 valence electrons. The van der Waals surface area contributed by atoms with Gasteiger partial charge in [0, 0.05) is 37.4 Å². The molecule has 0 atom stereocenters. The van der Waals surface area contributed by atoms with Crippen molar-refractivity contribution in [2.24, 2.45) is 0 Å². The van der Waals surface area contributed by atoms with Gasteiger partial charge in [-0.3, -0.25) is 4.90 Å². The normalized spacial score (nSPS) is 18.2. The molecule has 0 unspecified atom stereocenters. The van der Waals surface area contributed by atoms with Crippen molar-refractivity contribution in [2.45, 2.75) is 33.2 Å². The van der Waals surface area contributed by atoms with E-state index in [4.69, 9.17) is 11.6 Å². The maximum Gasteiger partial charge on any atom is 0.144 e. The molecule has 0 N–H and O–H groups in total. The van der Waals surface area contributed by atoms with Gasteiger partial charge in [-0.25, -0.2) is 9.97 Å². The van der Waals surface area contributed by atoms with Gasteiger partial charge in [-0.2, -0.15) is 0 Å². The van der Waals surface area contributed by atoms with Crippen LogP contribution in [0, 0.1) is 6.92 Å². The minimum absolute atomic E-state index is 0.366. The van der Waals surface area contributed by atoms with Gasteiger partial charge in [-0.1, -0.05) is 25.4 Å². The molecule has 2 heterocycles. The van der Waals surface area contributed by atoms with E-state index < -0.39 is 0 Å². The van der Waals surface area contributed by atoms with Crippen molar-refractivity contribution in [3.05, 3.63) is 22.2 Å². The smallest absolute Gasteiger partial charge is 0.144 e. The summed E-state index contributed by atoms with van der Waals surface area (Å²) in [5.41, 5.74) is 2.09. The molecule has 0 amide bonds. The lowest BCUT2D eigenvalue weighted by atomic mass is 10.0. The summed E-state index contributed by atoms with van der Waals surface area (Å²) in [5.74, 6) is 1.21. The van der Waals surface area contributed by atoms with Crippen LogP contribution in [0.25, 0.3) is 0 Å². The zero-order chi connectivity index (χ0) is 14.0. The predicted molar refractivity (Wildman–Crippen MR) is 78.6 cm³/mol. The first-order valence-corrected chi connectivity index (χ1v) is 7.29. The first kappa shape index (κ1) is 14.7. The Bertz CT molecular complexity index is 416. The molecule has 0 aromatic carbocycles. The molecular weight excluding hydrogens is 260 g/mol. The average molecular weight is 283 g/mol. The van der Waals surface area contributed by atoms with Crippen LogP contribution in [0.2, 0.25) is 5.15 Å². The van der Waals surface area contributed by atoms with E-state index in [-0.39, 0.29) is 0 Å². The number of rotatable bonds is 3. The molecule has 1 aromatic rings. The number of piperazine rings is 1. The molecule has 1 aliphatic heterocycles. The number of nitrogens with zero attached hydrogens (tertiary/aromatic N) is 4. The van der Waals surface area contributed by atoms with Crippen LogP contribution in [0.4, 0.5) is 0 Å². The summed E-state index contributed by atoms with van der Waals surface area (Å²) in [4.78, 5) is 13.8. The number of hydrogen-bond donors (Lipinski definition) is 0. The molecule has 1 aromatic heterocycles. The van der Waals surface area contributed by atoms with Crippen LogP contribution in [0.5, 0.6) is 0 Å². The van der Waals surface area contributed by atoms with E-state index in [2.05, 4.69) is 40.7 Å². The second-order valence-corrected chi connectivity index (χ2v) is 6.02. The van der Waals surface area contributed by atoms with Crippen LogP contribution in [-0.4, -0.2) is 53.0 Å². The highest BCUT2D eigenvalue weighted by Crippen LogP contribution is 2.25. The Balaban J connectivity index is 2.09. The van der Waals surface area contributed by atoms with Gasteiger partial charge < -0.3 is 4.90 Å². The standard InChI is InChI=1S/C14H23ClN4/c1-10(2)13-11(3)16-12(17-14(13)15)9-19-7-5-18(4)6-8-19/h10H,5-9H2,1-4H3. The minimum Gasteiger partial charge on any atom is -0.304 e. The van der Waals surface area contributed by atoms with Crippen molar-refractivity contribution in [3.8, 4) is 0 Å². The van der Waals surface area contributed by atoms with Crippen LogP contribution < -0.4 is 0 Å². The van der Waals surface area contributed by atoms with Gasteiger partial charge in [0.25, 0.3) is 0 Å². The molecular formula is C14H23ClN4. The monoisotopic (exact) mass is 282 g/mol. The topological polar surface area (TPSA) is 32.3 Å². The van der Waals surface area contributed by atoms with Crippen molar-refractivity contribution in [1.29, 1.82) is 0 Å². The average Bonchev–Trinajstić information content (AvgIpc) is 2.30. The van der Waals surface area contributed by atoms with Gasteiger partial charge in [-0.15, -0.1) is 0 Å². The van der Waals surface area contributed by atoms with E-state index in [0.29, 0.717) is 11.1 Å². The third-order valence-corrected chi connectivity index (χ3v) is 3.96. The highest BCUT2D eigenvalue weighted by atomic mass is 35.5. The van der Waals surface area contributed by atoms with Crippen molar-refractivity contribution in [2.75, 3.05) is 33.2 Å². The van der Waals surface area contributed by atoms with E-state index in [1.54, 1.807) is 0 Å². The number of hydrogen-bond acceptors (Lipinski definition) is 4. The molecule has 1 fully saturated rings. The van der Waals surface area contributed by atoms with Gasteiger partial charge in [-0.05, 0) is 19.9 Å². The summed E-state index contributed by atoms with van der Waals surface area (Å²) < 4.78 is 0. The SMILES string of the molecule is Cc1nc(CN2CCN(C)CC2)nc(Cl)c1C(C)C. The number of likely N-dealkylation sites (N-methyl/N-ethyl adjacent to an activating group) is 1. The van der Waals surface area contributed by atoms with Crippen LogP contribution >= 0.6 is 11.6 Å². The fraction of sp³-hybridized carbons (Fsp3) is 0.714. The van der Waals surface area contributed by atoms with E-state index in [1.807, 2.05) is 6.92 Å². The maximum atomic E-state index is 6.29. The van der Waals surface area contributed by atoms with Gasteiger partial charge in [0.05, 0.1) is 6.54 Å². The van der Waals surface area contributed by atoms with Gasteiger partial charge >= 0.3 is 0 Å². The number of aryl methyl sites for hydroxylation is 1. The van der Waals surface area contributed by atoms with E-state index in [9.17, 15) is 0 Å². The van der Waals surface area contributed by atoms with E-state index in [0.717, 1.165) is 49.8 Å². The predicted octanol–water partition coefficient (Wildman–Crippen LogP) is 2.31. The molecule has 2 rings (SSSR count). The van der Waals surface area contributed by atoms with Crippen molar-refractivity contribution in [1.82, 2.24) is 19.8 Å². The van der Waals surface area contributed by atoms with Crippen molar-refractivity contribution < 1.29 is 0 Å². The summed E-state index contributed by atoms with van der Waals surface area (Å²) in [6.07, 6.45) is 0. The molecule has 19 heavy (non-hydrogen) atoms. The lowest BCUT2D eigenvalue weighted by Crippen LogP contribution is -2.44. The van der Waals surface area contributed by atoms with Crippen molar-refractivity contribution in [3.63, 3.8) is 0 Å². The fourth-order valence-electron chi connectivity index (χ4n) is 2.53.